The van der Waals surface area contributed by atoms with E-state index in [-0.39, 0.29) is 5.43 Å². The average molecular weight is 408 g/mol. The van der Waals surface area contributed by atoms with Crippen LogP contribution in [0, 0.1) is 0 Å². The molecule has 0 aliphatic carbocycles. The minimum absolute atomic E-state index is 0.0674. The summed E-state index contributed by atoms with van der Waals surface area (Å²) < 4.78 is 6.10. The molecule has 5 aromatic rings. The molecule has 0 fully saturated rings. The van der Waals surface area contributed by atoms with E-state index in [1.54, 1.807) is 12.1 Å². The molecule has 0 amide bonds. The van der Waals surface area contributed by atoms with Crippen molar-refractivity contribution in [2.75, 3.05) is 22.1 Å². The van der Waals surface area contributed by atoms with Crippen LogP contribution in [-0.4, -0.2) is 0 Å². The largest absolute Gasteiger partial charge is 0.456 e. The van der Waals surface area contributed by atoms with Gasteiger partial charge in [0.1, 0.15) is 11.2 Å². The van der Waals surface area contributed by atoms with Crippen LogP contribution in [-0.2, 0) is 0 Å². The molecule has 6 N–H and O–H groups in total. The summed E-state index contributed by atoms with van der Waals surface area (Å²) in [4.78, 5) is 13.0. The predicted molar refractivity (Wildman–Crippen MR) is 128 cm³/mol. The van der Waals surface area contributed by atoms with E-state index in [9.17, 15) is 4.79 Å². The maximum absolute atomic E-state index is 13.0. The van der Waals surface area contributed by atoms with Gasteiger partial charge in [0.2, 0.25) is 5.43 Å². The molecule has 0 aliphatic heterocycles. The lowest BCUT2D eigenvalue weighted by Gasteiger charge is -2.10. The highest BCUT2D eigenvalue weighted by molar-refractivity contribution is 5.93. The molecule has 0 atom stereocenters. The molecule has 4 aromatic carbocycles. The normalized spacial score (nSPS) is 11.0. The van der Waals surface area contributed by atoms with Crippen LogP contribution in [0.3, 0.4) is 0 Å². The van der Waals surface area contributed by atoms with E-state index >= 15 is 0 Å². The highest BCUT2D eigenvalue weighted by Crippen LogP contribution is 2.27. The summed E-state index contributed by atoms with van der Waals surface area (Å²) in [6.07, 6.45) is 0. The number of anilines is 6. The SMILES string of the molecule is Nc1cccc(Nc2ccc3c(=O)c4ccc(Nc5cccc(N)c5)cc4oc3c2)c1. The van der Waals surface area contributed by atoms with Crippen LogP contribution >= 0.6 is 0 Å². The Morgan fingerprint density at radius 1 is 0.581 bits per heavy atom. The van der Waals surface area contributed by atoms with Crippen molar-refractivity contribution >= 4 is 56.1 Å². The van der Waals surface area contributed by atoms with Gasteiger partial charge < -0.3 is 26.5 Å². The lowest BCUT2D eigenvalue weighted by Crippen LogP contribution is -2.03. The summed E-state index contributed by atoms with van der Waals surface area (Å²) in [7, 11) is 0. The third kappa shape index (κ3) is 3.74. The zero-order chi connectivity index (χ0) is 21.4. The predicted octanol–water partition coefficient (Wildman–Crippen LogP) is 5.60. The third-order valence-corrected chi connectivity index (χ3v) is 5.02. The van der Waals surface area contributed by atoms with Crippen molar-refractivity contribution in [2.45, 2.75) is 0 Å². The summed E-state index contributed by atoms with van der Waals surface area (Å²) in [6, 6.07) is 25.8. The summed E-state index contributed by atoms with van der Waals surface area (Å²) >= 11 is 0. The van der Waals surface area contributed by atoms with E-state index < -0.39 is 0 Å². The fourth-order valence-corrected chi connectivity index (χ4v) is 3.57. The molecule has 0 bridgehead atoms. The van der Waals surface area contributed by atoms with Crippen molar-refractivity contribution in [3.8, 4) is 0 Å². The van der Waals surface area contributed by atoms with E-state index in [4.69, 9.17) is 15.9 Å². The quantitative estimate of drug-likeness (QED) is 0.228. The fourth-order valence-electron chi connectivity index (χ4n) is 3.57. The minimum atomic E-state index is -0.0674. The van der Waals surface area contributed by atoms with Crippen LogP contribution in [0.2, 0.25) is 0 Å². The van der Waals surface area contributed by atoms with Crippen molar-refractivity contribution in [2.24, 2.45) is 0 Å². The monoisotopic (exact) mass is 408 g/mol. The van der Waals surface area contributed by atoms with Crippen molar-refractivity contribution in [1.29, 1.82) is 0 Å². The van der Waals surface area contributed by atoms with Gasteiger partial charge in [0.05, 0.1) is 10.8 Å². The maximum Gasteiger partial charge on any atom is 0.200 e. The van der Waals surface area contributed by atoms with Gasteiger partial charge in [-0.05, 0) is 60.7 Å². The Morgan fingerprint density at radius 3 is 1.48 bits per heavy atom. The van der Waals surface area contributed by atoms with Gasteiger partial charge >= 0.3 is 0 Å². The average Bonchev–Trinajstić information content (AvgIpc) is 2.74. The summed E-state index contributed by atoms with van der Waals surface area (Å²) in [5, 5.41) is 7.63. The number of hydrogen-bond acceptors (Lipinski definition) is 6. The van der Waals surface area contributed by atoms with Gasteiger partial charge in [-0.25, -0.2) is 0 Å². The topological polar surface area (TPSA) is 106 Å². The number of nitrogen functional groups attached to an aromatic ring is 2. The Balaban J connectivity index is 1.54. The van der Waals surface area contributed by atoms with Crippen LogP contribution in [0.15, 0.2) is 94.1 Å². The van der Waals surface area contributed by atoms with Crippen molar-refractivity contribution in [3.05, 3.63) is 95.2 Å². The molecule has 152 valence electrons. The fraction of sp³-hybridized carbons (Fsp3) is 0. The summed E-state index contributed by atoms with van der Waals surface area (Å²) in [6.45, 7) is 0. The Hall–Kier alpha value is -4.45. The molecule has 6 heteroatoms. The van der Waals surface area contributed by atoms with Gasteiger partial charge in [0.15, 0.2) is 0 Å². The van der Waals surface area contributed by atoms with Crippen LogP contribution in [0.4, 0.5) is 34.1 Å². The molecule has 0 spiro atoms. The zero-order valence-electron chi connectivity index (χ0n) is 16.6. The second-order valence-electron chi connectivity index (χ2n) is 7.35. The van der Waals surface area contributed by atoms with Crippen molar-refractivity contribution in [1.82, 2.24) is 0 Å². The molecule has 1 heterocycles. The van der Waals surface area contributed by atoms with E-state index in [1.807, 2.05) is 72.8 Å². The number of nitrogens with one attached hydrogen (secondary N) is 2. The van der Waals surface area contributed by atoms with E-state index in [1.165, 1.54) is 0 Å². The first kappa shape index (κ1) is 18.6. The Bertz CT molecular complexity index is 1380. The number of benzene rings is 4. The summed E-state index contributed by atoms with van der Waals surface area (Å²) in [5.74, 6) is 0. The van der Waals surface area contributed by atoms with Crippen LogP contribution in [0.1, 0.15) is 0 Å². The van der Waals surface area contributed by atoms with E-state index in [0.29, 0.717) is 33.3 Å². The molecular weight excluding hydrogens is 388 g/mol. The molecule has 1 aromatic heterocycles. The minimum Gasteiger partial charge on any atom is -0.456 e. The molecule has 31 heavy (non-hydrogen) atoms. The zero-order valence-corrected chi connectivity index (χ0v) is 16.6. The lowest BCUT2D eigenvalue weighted by molar-refractivity contribution is 0.660. The highest BCUT2D eigenvalue weighted by Gasteiger charge is 2.10. The molecule has 0 unspecified atom stereocenters. The van der Waals surface area contributed by atoms with Crippen molar-refractivity contribution in [3.63, 3.8) is 0 Å². The van der Waals surface area contributed by atoms with E-state index in [0.717, 1.165) is 22.7 Å². The molecule has 0 radical (unpaired) electrons. The Morgan fingerprint density at radius 2 is 1.03 bits per heavy atom. The van der Waals surface area contributed by atoms with Gasteiger partial charge in [-0.1, -0.05) is 12.1 Å². The second kappa shape index (κ2) is 7.42. The molecule has 0 saturated carbocycles. The first-order valence-electron chi connectivity index (χ1n) is 9.81. The van der Waals surface area contributed by atoms with Gasteiger partial charge in [-0.3, -0.25) is 4.79 Å². The first-order chi connectivity index (χ1) is 15.0. The number of hydrogen-bond donors (Lipinski definition) is 4. The van der Waals surface area contributed by atoms with Crippen LogP contribution in [0.5, 0.6) is 0 Å². The standard InChI is InChI=1S/C25H20N4O2/c26-15-3-1-5-17(11-15)28-19-7-9-21-23(13-19)31-24-14-20(8-10-22(24)25(21)30)29-18-6-2-4-16(27)12-18/h1-14,28-29H,26-27H2. The van der Waals surface area contributed by atoms with Gasteiger partial charge in [-0.2, -0.15) is 0 Å². The van der Waals surface area contributed by atoms with Crippen molar-refractivity contribution < 1.29 is 4.42 Å². The lowest BCUT2D eigenvalue weighted by atomic mass is 10.1. The molecular formula is C25H20N4O2. The third-order valence-electron chi connectivity index (χ3n) is 5.02. The maximum atomic E-state index is 13.0. The summed E-state index contributed by atoms with van der Waals surface area (Å²) in [5.41, 5.74) is 17.3. The molecule has 0 aliphatic rings. The van der Waals surface area contributed by atoms with Crippen LogP contribution < -0.4 is 27.5 Å². The van der Waals surface area contributed by atoms with E-state index in [2.05, 4.69) is 10.6 Å². The van der Waals surface area contributed by atoms with Gasteiger partial charge in [0, 0.05) is 46.3 Å². The highest BCUT2D eigenvalue weighted by atomic mass is 16.3. The second-order valence-corrected chi connectivity index (χ2v) is 7.35. The Labute approximate surface area is 178 Å². The number of nitrogens with two attached hydrogens (primary N) is 2. The first-order valence-corrected chi connectivity index (χ1v) is 9.81. The van der Waals surface area contributed by atoms with Gasteiger partial charge in [0.25, 0.3) is 0 Å². The molecule has 5 rings (SSSR count). The smallest absolute Gasteiger partial charge is 0.200 e. The molecule has 0 saturated heterocycles. The number of fused-ring (bicyclic) bond motifs is 2. The molecule has 6 nitrogen and oxygen atoms in total. The Kier molecular flexibility index (Phi) is 4.45. The van der Waals surface area contributed by atoms with Crippen LogP contribution in [0.25, 0.3) is 21.9 Å². The van der Waals surface area contributed by atoms with Gasteiger partial charge in [-0.15, -0.1) is 0 Å². The number of rotatable bonds is 4.